The number of carbonyl (C=O) groups excluding carboxylic acids is 1. The van der Waals surface area contributed by atoms with Gasteiger partial charge >= 0.3 is 12.2 Å². The number of benzene rings is 2. The molecule has 0 unspecified atom stereocenters. The maximum Gasteiger partial charge on any atom is 0.416 e. The standard InChI is InChI=1S/C24H27F3N4O2/c1-15(2)12-21(32)28-19-8-10-20(11-9-19)31-22(29-23(30-31)33-14-16(3)4)17-6-5-7-18(13-17)24(25,26)27/h5-11,13,15-16H,12,14H2,1-4H3,(H,28,32). The van der Waals surface area contributed by atoms with Crippen molar-refractivity contribution in [2.45, 2.75) is 40.3 Å². The zero-order chi connectivity index (χ0) is 24.2. The summed E-state index contributed by atoms with van der Waals surface area (Å²) >= 11 is 0. The second-order valence-corrected chi connectivity index (χ2v) is 8.61. The highest BCUT2D eigenvalue weighted by Crippen LogP contribution is 2.33. The molecule has 0 radical (unpaired) electrons. The van der Waals surface area contributed by atoms with Crippen molar-refractivity contribution in [2.24, 2.45) is 11.8 Å². The van der Waals surface area contributed by atoms with E-state index in [4.69, 9.17) is 4.74 Å². The minimum absolute atomic E-state index is 0.0745. The average Bonchev–Trinajstić information content (AvgIpc) is 3.16. The average molecular weight is 461 g/mol. The molecule has 0 fully saturated rings. The van der Waals surface area contributed by atoms with Crippen LogP contribution in [-0.4, -0.2) is 27.3 Å². The van der Waals surface area contributed by atoms with Crippen molar-refractivity contribution < 1.29 is 22.7 Å². The maximum absolute atomic E-state index is 13.2. The fourth-order valence-electron chi connectivity index (χ4n) is 3.07. The molecule has 3 rings (SSSR count). The molecule has 0 spiro atoms. The molecule has 0 aliphatic heterocycles. The Balaban J connectivity index is 1.96. The van der Waals surface area contributed by atoms with Crippen molar-refractivity contribution in [3.05, 3.63) is 54.1 Å². The van der Waals surface area contributed by atoms with Crippen molar-refractivity contribution in [2.75, 3.05) is 11.9 Å². The molecule has 0 saturated heterocycles. The minimum atomic E-state index is -4.48. The molecular weight excluding hydrogens is 433 g/mol. The second kappa shape index (κ2) is 10.1. The first kappa shape index (κ1) is 24.3. The van der Waals surface area contributed by atoms with Gasteiger partial charge < -0.3 is 10.1 Å². The lowest BCUT2D eigenvalue weighted by Gasteiger charge is -2.11. The Hall–Kier alpha value is -3.36. The van der Waals surface area contributed by atoms with Crippen LogP contribution in [0.3, 0.4) is 0 Å². The molecule has 176 valence electrons. The first-order chi connectivity index (χ1) is 15.5. The van der Waals surface area contributed by atoms with Gasteiger partial charge in [-0.3, -0.25) is 4.79 Å². The molecule has 1 aromatic heterocycles. The number of nitrogens with one attached hydrogen (secondary N) is 1. The van der Waals surface area contributed by atoms with Gasteiger partial charge in [-0.25, -0.2) is 4.68 Å². The van der Waals surface area contributed by atoms with Gasteiger partial charge in [0.25, 0.3) is 0 Å². The summed E-state index contributed by atoms with van der Waals surface area (Å²) in [6.07, 6.45) is -4.07. The third-order valence-electron chi connectivity index (χ3n) is 4.57. The number of hydrogen-bond donors (Lipinski definition) is 1. The molecule has 0 bridgehead atoms. The van der Waals surface area contributed by atoms with Gasteiger partial charge in [0.1, 0.15) is 0 Å². The van der Waals surface area contributed by atoms with E-state index in [-0.39, 0.29) is 35.1 Å². The zero-order valence-electron chi connectivity index (χ0n) is 19.0. The molecule has 0 aliphatic carbocycles. The van der Waals surface area contributed by atoms with Gasteiger partial charge in [0.2, 0.25) is 5.91 Å². The molecule has 2 aromatic carbocycles. The SMILES string of the molecule is CC(C)COc1nc(-c2cccc(C(F)(F)F)c2)n(-c2ccc(NC(=O)CC(C)C)cc2)n1. The predicted octanol–water partition coefficient (Wildman–Crippen LogP) is 5.97. The summed E-state index contributed by atoms with van der Waals surface area (Å²) in [6.45, 7) is 8.23. The van der Waals surface area contributed by atoms with Crippen molar-refractivity contribution in [1.82, 2.24) is 14.8 Å². The molecule has 0 atom stereocenters. The normalized spacial score (nSPS) is 11.8. The van der Waals surface area contributed by atoms with Crippen LogP contribution in [0.4, 0.5) is 18.9 Å². The second-order valence-electron chi connectivity index (χ2n) is 8.61. The van der Waals surface area contributed by atoms with Gasteiger partial charge in [-0.05, 0) is 48.2 Å². The van der Waals surface area contributed by atoms with Crippen LogP contribution >= 0.6 is 0 Å². The largest absolute Gasteiger partial charge is 0.462 e. The monoisotopic (exact) mass is 460 g/mol. The molecule has 1 amide bonds. The summed E-state index contributed by atoms with van der Waals surface area (Å²) in [5.41, 5.74) is 0.658. The maximum atomic E-state index is 13.2. The Kier molecular flexibility index (Phi) is 7.40. The highest BCUT2D eigenvalue weighted by atomic mass is 19.4. The van der Waals surface area contributed by atoms with E-state index in [0.29, 0.717) is 24.4 Å². The lowest BCUT2D eigenvalue weighted by atomic mass is 10.1. The van der Waals surface area contributed by atoms with Crippen LogP contribution < -0.4 is 10.1 Å². The number of aromatic nitrogens is 3. The van der Waals surface area contributed by atoms with Gasteiger partial charge in [-0.1, -0.05) is 39.8 Å². The molecule has 1 heterocycles. The number of rotatable bonds is 8. The summed E-state index contributed by atoms with van der Waals surface area (Å²) in [5, 5.41) is 7.19. The number of hydrogen-bond acceptors (Lipinski definition) is 4. The van der Waals surface area contributed by atoms with Crippen molar-refractivity contribution in [3.63, 3.8) is 0 Å². The molecule has 3 aromatic rings. The number of amides is 1. The lowest BCUT2D eigenvalue weighted by Crippen LogP contribution is -2.13. The number of carbonyl (C=O) groups is 1. The Morgan fingerprint density at radius 1 is 1.06 bits per heavy atom. The fraction of sp³-hybridized carbons (Fsp3) is 0.375. The summed E-state index contributed by atoms with van der Waals surface area (Å²) in [5.74, 6) is 0.588. The van der Waals surface area contributed by atoms with Crippen LogP contribution in [0.15, 0.2) is 48.5 Å². The van der Waals surface area contributed by atoms with E-state index >= 15 is 0 Å². The van der Waals surface area contributed by atoms with Gasteiger partial charge in [0.15, 0.2) is 5.82 Å². The molecule has 0 saturated carbocycles. The number of anilines is 1. The quantitative estimate of drug-likeness (QED) is 0.450. The van der Waals surface area contributed by atoms with Crippen LogP contribution in [0.5, 0.6) is 6.01 Å². The van der Waals surface area contributed by atoms with Gasteiger partial charge in [-0.2, -0.15) is 18.2 Å². The number of nitrogens with zero attached hydrogens (tertiary/aromatic N) is 3. The molecule has 0 aliphatic rings. The van der Waals surface area contributed by atoms with Gasteiger partial charge in [-0.15, -0.1) is 5.10 Å². The number of ether oxygens (including phenoxy) is 1. The molecular formula is C24H27F3N4O2. The predicted molar refractivity (Wildman–Crippen MR) is 120 cm³/mol. The van der Waals surface area contributed by atoms with Crippen LogP contribution in [0.2, 0.25) is 0 Å². The van der Waals surface area contributed by atoms with E-state index in [9.17, 15) is 18.0 Å². The lowest BCUT2D eigenvalue weighted by molar-refractivity contribution is -0.137. The third-order valence-corrected chi connectivity index (χ3v) is 4.57. The van der Waals surface area contributed by atoms with E-state index in [1.54, 1.807) is 30.3 Å². The van der Waals surface area contributed by atoms with E-state index in [1.165, 1.54) is 10.7 Å². The minimum Gasteiger partial charge on any atom is -0.462 e. The van der Waals surface area contributed by atoms with Gasteiger partial charge in [0, 0.05) is 17.7 Å². The Labute approximate surface area is 190 Å². The summed E-state index contributed by atoms with van der Waals surface area (Å²) in [6, 6.07) is 11.8. The van der Waals surface area contributed by atoms with Crippen molar-refractivity contribution in [1.29, 1.82) is 0 Å². The zero-order valence-corrected chi connectivity index (χ0v) is 19.0. The van der Waals surface area contributed by atoms with Crippen molar-refractivity contribution in [3.8, 4) is 23.1 Å². The van der Waals surface area contributed by atoms with E-state index < -0.39 is 11.7 Å². The molecule has 9 heteroatoms. The molecule has 6 nitrogen and oxygen atoms in total. The van der Waals surface area contributed by atoms with Crippen LogP contribution in [0.25, 0.3) is 17.1 Å². The molecule has 33 heavy (non-hydrogen) atoms. The Morgan fingerprint density at radius 3 is 2.36 bits per heavy atom. The highest BCUT2D eigenvalue weighted by Gasteiger charge is 2.31. The summed E-state index contributed by atoms with van der Waals surface area (Å²) in [7, 11) is 0. The summed E-state index contributed by atoms with van der Waals surface area (Å²) in [4.78, 5) is 16.4. The first-order valence-electron chi connectivity index (χ1n) is 10.7. The van der Waals surface area contributed by atoms with Crippen molar-refractivity contribution >= 4 is 11.6 Å². The van der Waals surface area contributed by atoms with E-state index in [0.717, 1.165) is 12.1 Å². The van der Waals surface area contributed by atoms with Crippen LogP contribution in [0, 0.1) is 11.8 Å². The third kappa shape index (κ3) is 6.57. The number of halogens is 3. The Bertz CT molecular complexity index is 1090. The number of alkyl halides is 3. The first-order valence-corrected chi connectivity index (χ1v) is 10.7. The van der Waals surface area contributed by atoms with E-state index in [1.807, 2.05) is 27.7 Å². The summed E-state index contributed by atoms with van der Waals surface area (Å²) < 4.78 is 46.8. The van der Waals surface area contributed by atoms with Crippen LogP contribution in [0.1, 0.15) is 39.7 Å². The topological polar surface area (TPSA) is 69.0 Å². The smallest absolute Gasteiger partial charge is 0.416 e. The Morgan fingerprint density at radius 2 is 1.76 bits per heavy atom. The van der Waals surface area contributed by atoms with E-state index in [2.05, 4.69) is 15.4 Å². The molecule has 1 N–H and O–H groups in total. The highest BCUT2D eigenvalue weighted by molar-refractivity contribution is 5.90. The van der Waals surface area contributed by atoms with Gasteiger partial charge in [0.05, 0.1) is 17.9 Å². The fourth-order valence-corrected chi connectivity index (χ4v) is 3.07. The van der Waals surface area contributed by atoms with Crippen LogP contribution in [-0.2, 0) is 11.0 Å².